The molecule has 9 unspecified atom stereocenters. The number of carboxylic acid groups (broad SMARTS) is 2. The van der Waals surface area contributed by atoms with Gasteiger partial charge in [-0.05, 0) is 67.8 Å². The monoisotopic (exact) mass is 378 g/mol. The van der Waals surface area contributed by atoms with Crippen LogP contribution in [0.3, 0.4) is 0 Å². The minimum absolute atomic E-state index is 0.0254. The van der Waals surface area contributed by atoms with Gasteiger partial charge >= 0.3 is 11.9 Å². The van der Waals surface area contributed by atoms with Gasteiger partial charge in [-0.1, -0.05) is 6.58 Å². The summed E-state index contributed by atoms with van der Waals surface area (Å²) >= 11 is 0. The second-order valence-electron chi connectivity index (χ2n) is 9.43. The van der Waals surface area contributed by atoms with Gasteiger partial charge in [0.05, 0.1) is 23.0 Å². The Hall–Kier alpha value is -1.73. The minimum atomic E-state index is -1.65. The average molecular weight is 378 g/mol. The van der Waals surface area contributed by atoms with Crippen molar-refractivity contribution in [2.45, 2.75) is 50.7 Å². The van der Waals surface area contributed by atoms with Gasteiger partial charge in [-0.15, -0.1) is 0 Å². The van der Waals surface area contributed by atoms with Gasteiger partial charge in [0.15, 0.2) is 0 Å². The van der Waals surface area contributed by atoms with E-state index in [0.717, 1.165) is 6.29 Å². The fraction of sp³-hybridized carbons (Fsp3) is 0.750. The highest BCUT2D eigenvalue weighted by Crippen LogP contribution is 2.74. The number of aliphatic hydroxyl groups is 2. The molecular formula is C20H26O7. The maximum absolute atomic E-state index is 12.4. The number of carbonyl (C=O) groups excluding carboxylic acids is 1. The lowest BCUT2D eigenvalue weighted by molar-refractivity contribution is -0.179. The fourth-order valence-electron chi connectivity index (χ4n) is 7.38. The molecule has 4 rings (SSSR count). The van der Waals surface area contributed by atoms with Crippen LogP contribution in [-0.4, -0.2) is 50.4 Å². The number of carboxylic acids is 2. The highest BCUT2D eigenvalue weighted by atomic mass is 16.4. The molecule has 27 heavy (non-hydrogen) atoms. The van der Waals surface area contributed by atoms with E-state index in [0.29, 0.717) is 24.8 Å². The summed E-state index contributed by atoms with van der Waals surface area (Å²) in [7, 11) is 0. The van der Waals surface area contributed by atoms with E-state index in [2.05, 4.69) is 6.58 Å². The first-order valence-electron chi connectivity index (χ1n) is 9.53. The number of fused-ring (bicyclic) bond motifs is 3. The highest BCUT2D eigenvalue weighted by Gasteiger charge is 2.76. The van der Waals surface area contributed by atoms with Crippen molar-refractivity contribution in [1.82, 2.24) is 0 Å². The molecule has 4 aliphatic carbocycles. The standard InChI is InChI=1S/C20H26O7/c1-9-6-19-8-20(9,27)4-3-11(19)13-10(7-21)5-12(22)18(2,17(25)26)14(13)15(19)16(23)24/h7,10-15,22,27H,1,3-6,8H2,2H3,(H,23,24)(H,25,26). The summed E-state index contributed by atoms with van der Waals surface area (Å²) in [5.41, 5.74) is -2.98. The number of aliphatic carboxylic acids is 2. The molecular weight excluding hydrogens is 352 g/mol. The van der Waals surface area contributed by atoms with E-state index < -0.39 is 58.1 Å². The van der Waals surface area contributed by atoms with Crippen LogP contribution in [0.1, 0.15) is 39.0 Å². The third-order valence-electron chi connectivity index (χ3n) is 8.56. The van der Waals surface area contributed by atoms with Crippen LogP contribution in [0.25, 0.3) is 0 Å². The molecule has 4 aliphatic rings. The normalized spacial score (nSPS) is 53.5. The first-order valence-corrected chi connectivity index (χ1v) is 9.53. The quantitative estimate of drug-likeness (QED) is 0.427. The van der Waals surface area contributed by atoms with Crippen LogP contribution in [0.5, 0.6) is 0 Å². The van der Waals surface area contributed by atoms with Gasteiger partial charge in [0.25, 0.3) is 0 Å². The summed E-state index contributed by atoms with van der Waals surface area (Å²) in [6, 6.07) is 0. The second-order valence-corrected chi connectivity index (χ2v) is 9.43. The summed E-state index contributed by atoms with van der Waals surface area (Å²) in [5, 5.41) is 41.7. The molecule has 0 saturated heterocycles. The van der Waals surface area contributed by atoms with Crippen molar-refractivity contribution < 1.29 is 34.8 Å². The number of hydrogen-bond acceptors (Lipinski definition) is 5. The molecule has 2 bridgehead atoms. The van der Waals surface area contributed by atoms with Crippen LogP contribution >= 0.6 is 0 Å². The molecule has 0 aromatic rings. The van der Waals surface area contributed by atoms with E-state index in [-0.39, 0.29) is 18.8 Å². The van der Waals surface area contributed by atoms with Crippen LogP contribution in [0.2, 0.25) is 0 Å². The summed E-state index contributed by atoms with van der Waals surface area (Å²) in [5.74, 6) is -5.45. The highest BCUT2D eigenvalue weighted by molar-refractivity contribution is 5.80. The van der Waals surface area contributed by atoms with Crippen LogP contribution in [-0.2, 0) is 14.4 Å². The molecule has 0 aromatic carbocycles. The number of carbonyl (C=O) groups is 3. The first kappa shape index (κ1) is 18.6. The maximum Gasteiger partial charge on any atom is 0.312 e. The van der Waals surface area contributed by atoms with Crippen LogP contribution in [0.4, 0.5) is 0 Å². The minimum Gasteiger partial charge on any atom is -0.481 e. The van der Waals surface area contributed by atoms with Crippen LogP contribution < -0.4 is 0 Å². The van der Waals surface area contributed by atoms with Gasteiger partial charge in [-0.25, -0.2) is 0 Å². The van der Waals surface area contributed by atoms with Gasteiger partial charge < -0.3 is 25.2 Å². The topological polar surface area (TPSA) is 132 Å². The molecule has 4 N–H and O–H groups in total. The summed E-state index contributed by atoms with van der Waals surface area (Å²) < 4.78 is 0. The SMILES string of the molecule is C=C1CC23CC1(O)CCC2C1C(C=O)CC(O)C(C)(C(=O)O)C1C3C(=O)O. The van der Waals surface area contributed by atoms with Gasteiger partial charge in [0.2, 0.25) is 0 Å². The molecule has 0 radical (unpaired) electrons. The Morgan fingerprint density at radius 2 is 1.96 bits per heavy atom. The number of hydrogen-bond donors (Lipinski definition) is 4. The Morgan fingerprint density at radius 3 is 2.52 bits per heavy atom. The lowest BCUT2D eigenvalue weighted by Crippen LogP contribution is -2.56. The van der Waals surface area contributed by atoms with E-state index in [1.165, 1.54) is 6.92 Å². The molecule has 0 aliphatic heterocycles. The molecule has 4 saturated carbocycles. The smallest absolute Gasteiger partial charge is 0.312 e. The predicted molar refractivity (Wildman–Crippen MR) is 92.5 cm³/mol. The molecule has 0 amide bonds. The number of rotatable bonds is 3. The second kappa shape index (κ2) is 5.41. The van der Waals surface area contributed by atoms with Crippen molar-refractivity contribution in [1.29, 1.82) is 0 Å². The van der Waals surface area contributed by atoms with Crippen molar-refractivity contribution in [3.63, 3.8) is 0 Å². The van der Waals surface area contributed by atoms with Crippen LogP contribution in [0.15, 0.2) is 12.2 Å². The van der Waals surface area contributed by atoms with Gasteiger partial charge in [0.1, 0.15) is 6.29 Å². The zero-order chi connectivity index (χ0) is 19.9. The molecule has 4 fully saturated rings. The Labute approximate surface area is 157 Å². The molecule has 148 valence electrons. The maximum atomic E-state index is 12.4. The average Bonchev–Trinajstić information content (AvgIpc) is 2.98. The Kier molecular flexibility index (Phi) is 3.73. The number of aldehydes is 1. The van der Waals surface area contributed by atoms with Gasteiger partial charge in [-0.2, -0.15) is 0 Å². The Morgan fingerprint density at radius 1 is 1.30 bits per heavy atom. The van der Waals surface area contributed by atoms with Gasteiger partial charge in [-0.3, -0.25) is 9.59 Å². The van der Waals surface area contributed by atoms with Crippen molar-refractivity contribution in [3.05, 3.63) is 12.2 Å². The van der Waals surface area contributed by atoms with E-state index in [4.69, 9.17) is 0 Å². The lowest BCUT2D eigenvalue weighted by Gasteiger charge is -2.48. The van der Waals surface area contributed by atoms with Gasteiger partial charge in [0, 0.05) is 5.92 Å². The van der Waals surface area contributed by atoms with Crippen LogP contribution in [0, 0.1) is 40.4 Å². The molecule has 1 spiro atoms. The van der Waals surface area contributed by atoms with Crippen molar-refractivity contribution in [2.75, 3.05) is 0 Å². The van der Waals surface area contributed by atoms with Crippen molar-refractivity contribution in [3.8, 4) is 0 Å². The third kappa shape index (κ3) is 2.02. The zero-order valence-corrected chi connectivity index (χ0v) is 15.3. The summed E-state index contributed by atoms with van der Waals surface area (Å²) in [4.78, 5) is 36.5. The molecule has 9 atom stereocenters. The van der Waals surface area contributed by atoms with E-state index in [1.807, 2.05) is 0 Å². The number of aliphatic hydroxyl groups excluding tert-OH is 1. The predicted octanol–water partition coefficient (Wildman–Crippen LogP) is 1.08. The van der Waals surface area contributed by atoms with Crippen molar-refractivity contribution in [2.24, 2.45) is 40.4 Å². The molecule has 7 nitrogen and oxygen atoms in total. The molecule has 0 aromatic heterocycles. The third-order valence-corrected chi connectivity index (χ3v) is 8.56. The lowest BCUT2D eigenvalue weighted by atomic mass is 9.55. The van der Waals surface area contributed by atoms with Crippen molar-refractivity contribution >= 4 is 18.2 Å². The zero-order valence-electron chi connectivity index (χ0n) is 15.3. The fourth-order valence-corrected chi connectivity index (χ4v) is 7.38. The van der Waals surface area contributed by atoms with E-state index in [9.17, 15) is 34.8 Å². The summed E-state index contributed by atoms with van der Waals surface area (Å²) in [6.45, 7) is 5.40. The first-order chi connectivity index (χ1) is 12.5. The Bertz CT molecular complexity index is 747. The Balaban J connectivity index is 1.95. The van der Waals surface area contributed by atoms with E-state index in [1.54, 1.807) is 0 Å². The summed E-state index contributed by atoms with van der Waals surface area (Å²) in [6.07, 6.45) is 1.04. The largest absolute Gasteiger partial charge is 0.481 e. The van der Waals surface area contributed by atoms with E-state index >= 15 is 0 Å². The molecule has 0 heterocycles. The molecule has 7 heteroatoms.